The molecule has 1 saturated heterocycles. The van der Waals surface area contributed by atoms with Gasteiger partial charge >= 0.3 is 0 Å². The third-order valence-electron chi connectivity index (χ3n) is 2.54. The normalized spacial score (nSPS) is 19.1. The number of carbonyl (C=O) groups is 1. The number of likely N-dealkylation sites (tertiary alicyclic amines) is 1. The number of β-amino-alcohol motifs (C(OH)–C–C–N with tert-alkyl or cyclic N) is 1. The summed E-state index contributed by atoms with van der Waals surface area (Å²) in [6.07, 6.45) is 1.58. The van der Waals surface area contributed by atoms with Crippen LogP contribution < -0.4 is 5.32 Å². The molecule has 1 fully saturated rings. The molecular formula is C11H16N2O3. The number of hydrogen-bond donors (Lipinski definition) is 2. The fourth-order valence-corrected chi connectivity index (χ4v) is 1.89. The molecule has 0 aliphatic carbocycles. The monoisotopic (exact) mass is 224 g/mol. The van der Waals surface area contributed by atoms with Crippen LogP contribution in [0.5, 0.6) is 0 Å². The molecule has 0 unspecified atom stereocenters. The standard InChI is InChI=1S/C11H16N2O3/c1-11(15)7-13(8-11)6-10(14)12-5-9-3-2-4-16-9/h2-4,15H,5-8H2,1H3,(H,12,14). The Hall–Kier alpha value is -1.33. The van der Waals surface area contributed by atoms with Gasteiger partial charge in [-0.05, 0) is 19.1 Å². The van der Waals surface area contributed by atoms with Gasteiger partial charge in [-0.15, -0.1) is 0 Å². The second-order valence-corrected chi connectivity index (χ2v) is 4.50. The Morgan fingerprint density at radius 1 is 1.69 bits per heavy atom. The molecule has 1 amide bonds. The Kier molecular flexibility index (Phi) is 2.98. The number of carbonyl (C=O) groups excluding carboxylic acids is 1. The first-order chi connectivity index (χ1) is 7.55. The summed E-state index contributed by atoms with van der Waals surface area (Å²) < 4.78 is 5.09. The number of rotatable bonds is 4. The van der Waals surface area contributed by atoms with Crippen LogP contribution in [0.4, 0.5) is 0 Å². The van der Waals surface area contributed by atoms with E-state index in [0.29, 0.717) is 26.2 Å². The van der Waals surface area contributed by atoms with Crippen LogP contribution in [-0.2, 0) is 11.3 Å². The summed E-state index contributed by atoms with van der Waals surface area (Å²) in [5, 5.41) is 12.2. The average molecular weight is 224 g/mol. The molecule has 2 heterocycles. The summed E-state index contributed by atoms with van der Waals surface area (Å²) in [4.78, 5) is 13.4. The van der Waals surface area contributed by atoms with Gasteiger partial charge in [0.15, 0.2) is 0 Å². The Balaban J connectivity index is 1.66. The zero-order valence-electron chi connectivity index (χ0n) is 9.27. The first-order valence-electron chi connectivity index (χ1n) is 5.29. The van der Waals surface area contributed by atoms with E-state index in [0.717, 1.165) is 5.76 Å². The summed E-state index contributed by atoms with van der Waals surface area (Å²) in [6.45, 7) is 3.62. The maximum absolute atomic E-state index is 11.5. The molecule has 0 bridgehead atoms. The van der Waals surface area contributed by atoms with E-state index in [9.17, 15) is 9.90 Å². The van der Waals surface area contributed by atoms with Crippen molar-refractivity contribution in [1.82, 2.24) is 10.2 Å². The van der Waals surface area contributed by atoms with E-state index in [1.165, 1.54) is 0 Å². The van der Waals surface area contributed by atoms with Crippen molar-refractivity contribution in [3.8, 4) is 0 Å². The van der Waals surface area contributed by atoms with Crippen molar-refractivity contribution in [2.75, 3.05) is 19.6 Å². The highest BCUT2D eigenvalue weighted by molar-refractivity contribution is 5.78. The smallest absolute Gasteiger partial charge is 0.234 e. The Labute approximate surface area is 94.0 Å². The van der Waals surface area contributed by atoms with Gasteiger partial charge in [0, 0.05) is 13.1 Å². The molecule has 1 aromatic rings. The molecule has 5 nitrogen and oxygen atoms in total. The van der Waals surface area contributed by atoms with Crippen LogP contribution in [0.15, 0.2) is 22.8 Å². The van der Waals surface area contributed by atoms with Gasteiger partial charge in [-0.25, -0.2) is 0 Å². The minimum atomic E-state index is -0.624. The first-order valence-corrected chi connectivity index (χ1v) is 5.29. The van der Waals surface area contributed by atoms with Crippen molar-refractivity contribution in [3.63, 3.8) is 0 Å². The summed E-state index contributed by atoms with van der Waals surface area (Å²) in [5.41, 5.74) is -0.624. The molecule has 0 saturated carbocycles. The lowest BCUT2D eigenvalue weighted by Crippen LogP contribution is -2.61. The van der Waals surface area contributed by atoms with Crippen molar-refractivity contribution in [2.45, 2.75) is 19.1 Å². The number of nitrogens with zero attached hydrogens (tertiary/aromatic N) is 1. The molecule has 0 spiro atoms. The van der Waals surface area contributed by atoms with Gasteiger partial charge in [-0.3, -0.25) is 9.69 Å². The number of furan rings is 1. The molecule has 1 aromatic heterocycles. The average Bonchev–Trinajstić information content (AvgIpc) is 2.64. The Morgan fingerprint density at radius 3 is 3.00 bits per heavy atom. The van der Waals surface area contributed by atoms with Crippen molar-refractivity contribution < 1.29 is 14.3 Å². The van der Waals surface area contributed by atoms with Gasteiger partial charge in [0.2, 0.25) is 5.91 Å². The number of hydrogen-bond acceptors (Lipinski definition) is 4. The van der Waals surface area contributed by atoms with Crippen LogP contribution in [0, 0.1) is 0 Å². The second kappa shape index (κ2) is 4.27. The van der Waals surface area contributed by atoms with E-state index in [2.05, 4.69) is 5.32 Å². The lowest BCUT2D eigenvalue weighted by atomic mass is 9.97. The van der Waals surface area contributed by atoms with Gasteiger partial charge in [-0.1, -0.05) is 0 Å². The molecule has 2 N–H and O–H groups in total. The van der Waals surface area contributed by atoms with Crippen molar-refractivity contribution in [1.29, 1.82) is 0 Å². The molecule has 2 rings (SSSR count). The van der Waals surface area contributed by atoms with Crippen LogP contribution in [-0.4, -0.2) is 41.1 Å². The van der Waals surface area contributed by atoms with Crippen LogP contribution in [0.3, 0.4) is 0 Å². The van der Waals surface area contributed by atoms with Crippen molar-refractivity contribution >= 4 is 5.91 Å². The highest BCUT2D eigenvalue weighted by Crippen LogP contribution is 2.18. The summed E-state index contributed by atoms with van der Waals surface area (Å²) >= 11 is 0. The number of amides is 1. The van der Waals surface area contributed by atoms with Crippen LogP contribution >= 0.6 is 0 Å². The van der Waals surface area contributed by atoms with E-state index >= 15 is 0 Å². The largest absolute Gasteiger partial charge is 0.467 e. The van der Waals surface area contributed by atoms with Crippen molar-refractivity contribution in [3.05, 3.63) is 24.2 Å². The molecule has 0 aromatic carbocycles. The van der Waals surface area contributed by atoms with E-state index in [4.69, 9.17) is 4.42 Å². The molecule has 16 heavy (non-hydrogen) atoms. The molecule has 1 aliphatic heterocycles. The molecule has 5 heteroatoms. The molecule has 1 aliphatic rings. The van der Waals surface area contributed by atoms with E-state index in [1.807, 2.05) is 11.0 Å². The summed E-state index contributed by atoms with van der Waals surface area (Å²) in [5.74, 6) is 0.691. The topological polar surface area (TPSA) is 65.7 Å². The Morgan fingerprint density at radius 2 is 2.44 bits per heavy atom. The number of aliphatic hydroxyl groups is 1. The molecule has 88 valence electrons. The Bertz CT molecular complexity index is 351. The molecule has 0 atom stereocenters. The number of nitrogens with one attached hydrogen (secondary N) is 1. The SMILES string of the molecule is CC1(O)CN(CC(=O)NCc2ccco2)C1. The van der Waals surface area contributed by atoms with E-state index in [-0.39, 0.29) is 5.91 Å². The first kappa shape index (κ1) is 11.2. The molecular weight excluding hydrogens is 208 g/mol. The highest BCUT2D eigenvalue weighted by atomic mass is 16.3. The minimum absolute atomic E-state index is 0.0492. The fourth-order valence-electron chi connectivity index (χ4n) is 1.89. The fraction of sp³-hybridized carbons (Fsp3) is 0.545. The zero-order chi connectivity index (χ0) is 11.6. The van der Waals surface area contributed by atoms with Crippen LogP contribution in [0.2, 0.25) is 0 Å². The minimum Gasteiger partial charge on any atom is -0.467 e. The highest BCUT2D eigenvalue weighted by Gasteiger charge is 2.36. The van der Waals surface area contributed by atoms with E-state index < -0.39 is 5.60 Å². The van der Waals surface area contributed by atoms with Crippen molar-refractivity contribution in [2.24, 2.45) is 0 Å². The third kappa shape index (κ3) is 2.84. The summed E-state index contributed by atoms with van der Waals surface area (Å²) in [7, 11) is 0. The lowest BCUT2D eigenvalue weighted by Gasteiger charge is -2.43. The van der Waals surface area contributed by atoms with Crippen LogP contribution in [0.1, 0.15) is 12.7 Å². The maximum atomic E-state index is 11.5. The lowest BCUT2D eigenvalue weighted by molar-refractivity contribution is -0.130. The van der Waals surface area contributed by atoms with Gasteiger partial charge < -0.3 is 14.8 Å². The predicted molar refractivity (Wildman–Crippen MR) is 57.6 cm³/mol. The molecule has 0 radical (unpaired) electrons. The van der Waals surface area contributed by atoms with Gasteiger partial charge in [0.1, 0.15) is 5.76 Å². The third-order valence-corrected chi connectivity index (χ3v) is 2.54. The van der Waals surface area contributed by atoms with Gasteiger partial charge in [0.25, 0.3) is 0 Å². The van der Waals surface area contributed by atoms with Gasteiger partial charge in [-0.2, -0.15) is 0 Å². The van der Waals surface area contributed by atoms with E-state index in [1.54, 1.807) is 19.3 Å². The quantitative estimate of drug-likeness (QED) is 0.753. The second-order valence-electron chi connectivity index (χ2n) is 4.50. The predicted octanol–water partition coefficient (Wildman–Crippen LogP) is -0.0376. The maximum Gasteiger partial charge on any atom is 0.234 e. The zero-order valence-corrected chi connectivity index (χ0v) is 9.27. The van der Waals surface area contributed by atoms with Gasteiger partial charge in [0.05, 0.1) is 25.0 Å². The van der Waals surface area contributed by atoms with Crippen LogP contribution in [0.25, 0.3) is 0 Å². The summed E-state index contributed by atoms with van der Waals surface area (Å²) in [6, 6.07) is 3.60.